The van der Waals surface area contributed by atoms with E-state index in [9.17, 15) is 0 Å². The van der Waals surface area contributed by atoms with Crippen LogP contribution in [-0.2, 0) is 6.42 Å². The fraction of sp³-hybridized carbons (Fsp3) is 0.100. The predicted molar refractivity (Wildman–Crippen MR) is 184 cm³/mol. The zero-order valence-electron chi connectivity index (χ0n) is 24.5. The Morgan fingerprint density at radius 1 is 0.452 bits per heavy atom. The third-order valence-corrected chi connectivity index (χ3v) is 12.5. The van der Waals surface area contributed by atoms with Crippen molar-refractivity contribution in [2.24, 2.45) is 0 Å². The molecule has 1 heterocycles. The second-order valence-electron chi connectivity index (χ2n) is 11.7. The molecular formula is C40H35NSi. The van der Waals surface area contributed by atoms with Crippen molar-refractivity contribution in [3.63, 3.8) is 0 Å². The zero-order valence-corrected chi connectivity index (χ0v) is 25.5. The van der Waals surface area contributed by atoms with Gasteiger partial charge in [-0.25, -0.2) is 0 Å². The quantitative estimate of drug-likeness (QED) is 0.179. The molecule has 0 saturated heterocycles. The Labute approximate surface area is 249 Å². The van der Waals surface area contributed by atoms with Gasteiger partial charge in [-0.2, -0.15) is 0 Å². The monoisotopic (exact) mass is 557 g/mol. The van der Waals surface area contributed by atoms with E-state index in [0.717, 1.165) is 6.42 Å². The number of hydrogen-bond donors (Lipinski definition) is 0. The van der Waals surface area contributed by atoms with Gasteiger partial charge in [0.25, 0.3) is 0 Å². The third kappa shape index (κ3) is 4.58. The first kappa shape index (κ1) is 26.2. The summed E-state index contributed by atoms with van der Waals surface area (Å²) in [5.74, 6) is 0. The van der Waals surface area contributed by atoms with Crippen LogP contribution in [0.2, 0.25) is 13.1 Å². The lowest BCUT2D eigenvalue weighted by Gasteiger charge is -2.24. The van der Waals surface area contributed by atoms with Gasteiger partial charge in [0, 0.05) is 16.5 Å². The van der Waals surface area contributed by atoms with Crippen LogP contribution in [0.1, 0.15) is 12.5 Å². The molecule has 0 N–H and O–H groups in total. The molecule has 7 rings (SSSR count). The molecule has 7 aromatic rings. The predicted octanol–water partition coefficient (Wildman–Crippen LogP) is 9.50. The lowest BCUT2D eigenvalue weighted by atomic mass is 10.0. The van der Waals surface area contributed by atoms with Crippen LogP contribution in [0.4, 0.5) is 0 Å². The lowest BCUT2D eigenvalue weighted by molar-refractivity contribution is 1.14. The van der Waals surface area contributed by atoms with Crippen molar-refractivity contribution in [3.05, 3.63) is 151 Å². The molecule has 0 bridgehead atoms. The highest BCUT2D eigenvalue weighted by Crippen LogP contribution is 2.32. The average Bonchev–Trinajstić information content (AvgIpc) is 3.39. The van der Waals surface area contributed by atoms with E-state index in [-0.39, 0.29) is 0 Å². The number of para-hydroxylation sites is 2. The third-order valence-electron chi connectivity index (χ3n) is 8.95. The van der Waals surface area contributed by atoms with Gasteiger partial charge in [-0.05, 0) is 58.5 Å². The Morgan fingerprint density at radius 2 is 0.833 bits per heavy atom. The average molecular weight is 558 g/mol. The molecule has 1 nitrogen and oxygen atoms in total. The van der Waals surface area contributed by atoms with Crippen LogP contribution in [0.25, 0.3) is 49.7 Å². The lowest BCUT2D eigenvalue weighted by Crippen LogP contribution is -2.52. The minimum absolute atomic E-state index is 1.08. The summed E-state index contributed by atoms with van der Waals surface area (Å²) in [6.07, 6.45) is 1.08. The first-order valence-electron chi connectivity index (χ1n) is 14.9. The van der Waals surface area contributed by atoms with Crippen LogP contribution in [0.5, 0.6) is 0 Å². The van der Waals surface area contributed by atoms with Gasteiger partial charge >= 0.3 is 0 Å². The van der Waals surface area contributed by atoms with Crippen molar-refractivity contribution in [2.45, 2.75) is 26.4 Å². The van der Waals surface area contributed by atoms with Crippen LogP contribution in [0.15, 0.2) is 146 Å². The molecule has 0 radical (unpaired) electrons. The molecule has 0 saturated carbocycles. The molecule has 0 spiro atoms. The highest BCUT2D eigenvalue weighted by Gasteiger charge is 2.26. The molecule has 0 fully saturated rings. The molecule has 0 aliphatic carbocycles. The number of aryl methyl sites for hydroxylation is 1. The summed E-state index contributed by atoms with van der Waals surface area (Å²) < 4.78 is 2.37. The maximum Gasteiger partial charge on any atom is 0.112 e. The molecule has 0 aliphatic heterocycles. The van der Waals surface area contributed by atoms with Crippen molar-refractivity contribution >= 4 is 40.3 Å². The molecule has 0 atom stereocenters. The van der Waals surface area contributed by atoms with Gasteiger partial charge in [-0.3, -0.25) is 0 Å². The summed E-state index contributed by atoms with van der Waals surface area (Å²) in [7, 11) is -1.82. The minimum atomic E-state index is -1.82. The van der Waals surface area contributed by atoms with Crippen molar-refractivity contribution in [1.29, 1.82) is 0 Å². The summed E-state index contributed by atoms with van der Waals surface area (Å²) >= 11 is 0. The zero-order chi connectivity index (χ0) is 28.7. The second-order valence-corrected chi connectivity index (χ2v) is 16.2. The van der Waals surface area contributed by atoms with E-state index in [2.05, 4.69) is 170 Å². The molecule has 204 valence electrons. The maximum absolute atomic E-state index is 2.45. The van der Waals surface area contributed by atoms with E-state index in [1.54, 1.807) is 0 Å². The smallest absolute Gasteiger partial charge is 0.112 e. The van der Waals surface area contributed by atoms with Crippen molar-refractivity contribution in [1.82, 2.24) is 4.57 Å². The van der Waals surface area contributed by atoms with Crippen LogP contribution in [-0.4, -0.2) is 12.6 Å². The summed E-state index contributed by atoms with van der Waals surface area (Å²) in [5, 5.41) is 5.49. The van der Waals surface area contributed by atoms with Crippen LogP contribution in [0.3, 0.4) is 0 Å². The van der Waals surface area contributed by atoms with Crippen molar-refractivity contribution in [2.75, 3.05) is 0 Å². The van der Waals surface area contributed by atoms with Crippen molar-refractivity contribution < 1.29 is 0 Å². The highest BCUT2D eigenvalue weighted by molar-refractivity contribution is 7.00. The summed E-state index contributed by atoms with van der Waals surface area (Å²) in [4.78, 5) is 0. The van der Waals surface area contributed by atoms with Gasteiger partial charge in [0.1, 0.15) is 8.07 Å². The molecule has 0 aliphatic rings. The molecule has 1 aromatic heterocycles. The van der Waals surface area contributed by atoms with E-state index >= 15 is 0 Å². The van der Waals surface area contributed by atoms with Gasteiger partial charge in [-0.1, -0.05) is 152 Å². The SMILES string of the molecule is CCc1ccc(-c2ccc([Si](C)(C)c3ccc(-c4ccc(-n5c6ccccc6c6ccccc65)cc4)cc3)cc2)cc1. The van der Waals surface area contributed by atoms with Gasteiger partial charge in [-0.15, -0.1) is 0 Å². The number of rotatable bonds is 6. The molecular weight excluding hydrogens is 523 g/mol. The van der Waals surface area contributed by atoms with Gasteiger partial charge in [0.2, 0.25) is 0 Å². The van der Waals surface area contributed by atoms with E-state index < -0.39 is 8.07 Å². The summed E-state index contributed by atoms with van der Waals surface area (Å²) in [6, 6.07) is 53.9. The molecule has 2 heteroatoms. The van der Waals surface area contributed by atoms with E-state index in [4.69, 9.17) is 0 Å². The molecule has 0 amide bonds. The first-order chi connectivity index (χ1) is 20.5. The Hall–Kier alpha value is -4.66. The normalized spacial score (nSPS) is 11.8. The number of aromatic nitrogens is 1. The Balaban J connectivity index is 1.14. The first-order valence-corrected chi connectivity index (χ1v) is 17.9. The summed E-state index contributed by atoms with van der Waals surface area (Å²) in [6.45, 7) is 7.11. The fourth-order valence-corrected chi connectivity index (χ4v) is 8.60. The largest absolute Gasteiger partial charge is 0.309 e. The Morgan fingerprint density at radius 3 is 1.26 bits per heavy atom. The van der Waals surface area contributed by atoms with Crippen LogP contribution in [0, 0.1) is 0 Å². The van der Waals surface area contributed by atoms with E-state index in [1.807, 2.05) is 0 Å². The fourth-order valence-electron chi connectivity index (χ4n) is 6.26. The molecule has 0 unspecified atom stereocenters. The maximum atomic E-state index is 2.45. The number of nitrogens with zero attached hydrogens (tertiary/aromatic N) is 1. The summed E-state index contributed by atoms with van der Waals surface area (Å²) in [5.41, 5.74) is 10.1. The van der Waals surface area contributed by atoms with Gasteiger partial charge in [0.05, 0.1) is 11.0 Å². The van der Waals surface area contributed by atoms with Gasteiger partial charge in [0.15, 0.2) is 0 Å². The Bertz CT molecular complexity index is 1940. The molecule has 6 aromatic carbocycles. The van der Waals surface area contributed by atoms with Crippen LogP contribution < -0.4 is 10.4 Å². The standard InChI is InChI=1S/C40H35NSi/c1-4-29-13-15-30(16-14-29)32-19-25-35(26-20-32)42(2,3)36-27-21-33(22-28-36)31-17-23-34(24-18-31)41-39-11-7-5-9-37(39)38-10-6-8-12-40(38)41/h5-28H,4H2,1-3H3. The van der Waals surface area contributed by atoms with Gasteiger partial charge < -0.3 is 4.57 Å². The number of fused-ring (bicyclic) bond motifs is 3. The second kappa shape index (κ2) is 10.6. The van der Waals surface area contributed by atoms with E-state index in [1.165, 1.54) is 65.7 Å². The topological polar surface area (TPSA) is 4.93 Å². The number of hydrogen-bond acceptors (Lipinski definition) is 0. The number of benzene rings is 6. The van der Waals surface area contributed by atoms with Crippen LogP contribution >= 0.6 is 0 Å². The highest BCUT2D eigenvalue weighted by atomic mass is 28.3. The van der Waals surface area contributed by atoms with E-state index in [0.29, 0.717) is 0 Å². The minimum Gasteiger partial charge on any atom is -0.309 e. The molecule has 42 heavy (non-hydrogen) atoms. The van der Waals surface area contributed by atoms with Crippen molar-refractivity contribution in [3.8, 4) is 27.9 Å². The Kier molecular flexibility index (Phi) is 6.64.